The van der Waals surface area contributed by atoms with Gasteiger partial charge in [-0.05, 0) is 30.2 Å². The van der Waals surface area contributed by atoms with Crippen LogP contribution in [0.25, 0.3) is 5.57 Å². The first-order chi connectivity index (χ1) is 11.6. The van der Waals surface area contributed by atoms with Crippen molar-refractivity contribution in [3.8, 4) is 0 Å². The molecule has 3 aromatic carbocycles. The lowest BCUT2D eigenvalue weighted by atomic mass is 9.98. The number of hydrogen-bond donors (Lipinski definition) is 0. The Bertz CT molecular complexity index is 780. The first kappa shape index (κ1) is 16.7. The van der Waals surface area contributed by atoms with Crippen LogP contribution in [0.1, 0.15) is 18.1 Å². The third-order valence-electron chi connectivity index (χ3n) is 4.13. The standard InChI is InChI=1S/C22H24BP/c1-18(24(2,23)21-16-10-5-11-17-21)22(19-12-6-3-7-13-19)20-14-8-4-9-15-20/h3-17H,1-2,23H3. The molecule has 0 aromatic heterocycles. The molecule has 0 aliphatic carbocycles. The van der Waals surface area contributed by atoms with Crippen LogP contribution in [0.2, 0.25) is 0 Å². The van der Waals surface area contributed by atoms with Crippen LogP contribution in [-0.2, 0) is 0 Å². The van der Waals surface area contributed by atoms with Gasteiger partial charge in [0.15, 0.2) is 0 Å². The van der Waals surface area contributed by atoms with E-state index in [1.165, 1.54) is 16.7 Å². The average Bonchev–Trinajstić information content (AvgIpc) is 2.64. The van der Waals surface area contributed by atoms with Crippen LogP contribution in [-0.4, -0.2) is 14.2 Å². The molecule has 0 aliphatic rings. The maximum absolute atomic E-state index is 2.53. The molecule has 0 radical (unpaired) electrons. The predicted molar refractivity (Wildman–Crippen MR) is 113 cm³/mol. The Morgan fingerprint density at radius 2 is 1.04 bits per heavy atom. The van der Waals surface area contributed by atoms with Crippen molar-refractivity contribution in [1.29, 1.82) is 0 Å². The zero-order chi connectivity index (χ0) is 17.0. The fourth-order valence-electron chi connectivity index (χ4n) is 2.81. The van der Waals surface area contributed by atoms with Gasteiger partial charge in [-0.2, -0.15) is 0 Å². The van der Waals surface area contributed by atoms with Crippen LogP contribution in [0.4, 0.5) is 0 Å². The summed E-state index contributed by atoms with van der Waals surface area (Å²) in [5.41, 5.74) is 4.11. The molecule has 0 nitrogen and oxygen atoms in total. The van der Waals surface area contributed by atoms with E-state index in [4.69, 9.17) is 0 Å². The maximum Gasteiger partial charge on any atom is 0.137 e. The monoisotopic (exact) mass is 330 g/mol. The first-order valence-corrected chi connectivity index (χ1v) is 9.67. The smallest absolute Gasteiger partial charge is 0.0997 e. The number of hydrogen-bond acceptors (Lipinski definition) is 0. The van der Waals surface area contributed by atoms with Gasteiger partial charge in [0, 0.05) is 17.6 Å². The molecule has 24 heavy (non-hydrogen) atoms. The van der Waals surface area contributed by atoms with Crippen molar-refractivity contribution in [2.24, 2.45) is 0 Å². The molecule has 0 spiro atoms. The maximum atomic E-state index is 2.53. The lowest BCUT2D eigenvalue weighted by Gasteiger charge is -2.28. The predicted octanol–water partition coefficient (Wildman–Crippen LogP) is 4.72. The van der Waals surface area contributed by atoms with Crippen LogP contribution in [0.5, 0.6) is 0 Å². The highest BCUT2D eigenvalue weighted by molar-refractivity contribution is 8.05. The van der Waals surface area contributed by atoms with Gasteiger partial charge in [0.2, 0.25) is 0 Å². The molecule has 1 atom stereocenters. The fourth-order valence-corrected chi connectivity index (χ4v) is 4.41. The number of benzene rings is 3. The second-order valence-corrected chi connectivity index (χ2v) is 7.89. The normalized spacial score (nSPS) is 13.1. The van der Waals surface area contributed by atoms with Gasteiger partial charge in [0.25, 0.3) is 0 Å². The SMILES string of the molecule is [BH3-][P+](C)(C(C)=C(c1ccccc1)c1ccccc1)c1ccccc1. The summed E-state index contributed by atoms with van der Waals surface area (Å²) < 4.78 is 0. The minimum atomic E-state index is -1.14. The molecule has 0 fully saturated rings. The Hall–Kier alpha value is -2.11. The van der Waals surface area contributed by atoms with Crippen LogP contribution in [0, 0.1) is 0 Å². The molecule has 0 amide bonds. The van der Waals surface area contributed by atoms with Crippen molar-refractivity contribution in [1.82, 2.24) is 0 Å². The zero-order valence-corrected chi connectivity index (χ0v) is 14.5. The second kappa shape index (κ2) is 7.20. The highest BCUT2D eigenvalue weighted by Gasteiger charge is 2.27. The Balaban J connectivity index is 2.22. The summed E-state index contributed by atoms with van der Waals surface area (Å²) in [6.07, 6.45) is 0. The molecule has 3 rings (SSSR count). The van der Waals surface area contributed by atoms with Gasteiger partial charge in [-0.1, -0.05) is 86.0 Å². The van der Waals surface area contributed by atoms with Crippen molar-refractivity contribution >= 4 is 25.6 Å². The molecule has 0 saturated carbocycles. The third kappa shape index (κ3) is 3.37. The van der Waals surface area contributed by atoms with E-state index >= 15 is 0 Å². The van der Waals surface area contributed by atoms with Crippen molar-refractivity contribution in [2.75, 3.05) is 6.66 Å². The van der Waals surface area contributed by atoms with E-state index in [2.05, 4.69) is 105 Å². The minimum absolute atomic E-state index is 0.175. The second-order valence-electron chi connectivity index (χ2n) is 5.59. The molecule has 0 bridgehead atoms. The van der Waals surface area contributed by atoms with Gasteiger partial charge >= 0.3 is 0 Å². The van der Waals surface area contributed by atoms with E-state index in [-0.39, 0.29) is 7.57 Å². The molecule has 0 N–H and O–H groups in total. The van der Waals surface area contributed by atoms with Gasteiger partial charge in [-0.15, -0.1) is 0 Å². The topological polar surface area (TPSA) is 0 Å². The highest BCUT2D eigenvalue weighted by atomic mass is 31.2. The Morgan fingerprint density at radius 1 is 0.667 bits per heavy atom. The van der Waals surface area contributed by atoms with E-state index in [0.717, 1.165) is 0 Å². The number of allylic oxidation sites excluding steroid dienone is 1. The summed E-state index contributed by atoms with van der Waals surface area (Å²) in [7, 11) is -0.968. The Morgan fingerprint density at radius 3 is 1.46 bits per heavy atom. The van der Waals surface area contributed by atoms with E-state index in [0.29, 0.717) is 0 Å². The molecule has 0 heterocycles. The molecule has 2 heteroatoms. The van der Waals surface area contributed by atoms with Crippen LogP contribution >= 0.6 is 7.14 Å². The zero-order valence-electron chi connectivity index (χ0n) is 13.6. The number of rotatable bonds is 4. The van der Waals surface area contributed by atoms with E-state index in [9.17, 15) is 0 Å². The van der Waals surface area contributed by atoms with Crippen molar-refractivity contribution in [2.45, 2.75) is 6.92 Å². The van der Waals surface area contributed by atoms with Crippen molar-refractivity contribution in [3.05, 3.63) is 107 Å². The third-order valence-corrected chi connectivity index (χ3v) is 6.44. The summed E-state index contributed by atoms with van der Waals surface area (Å²) in [5, 5.41) is 3.16. The van der Waals surface area contributed by atoms with Gasteiger partial charge in [0.1, 0.15) is 7.57 Å². The van der Waals surface area contributed by atoms with E-state index in [1.807, 2.05) is 0 Å². The molecule has 120 valence electrons. The molecule has 0 aliphatic heterocycles. The fraction of sp³-hybridized carbons (Fsp3) is 0.0909. The first-order valence-electron chi connectivity index (χ1n) is 7.88. The lowest BCUT2D eigenvalue weighted by molar-refractivity contribution is 1.50. The largest absolute Gasteiger partial charge is 0.137 e. The summed E-state index contributed by atoms with van der Waals surface area (Å²) in [6.45, 7) is 4.91. The van der Waals surface area contributed by atoms with Gasteiger partial charge in [-0.3, -0.25) is 0 Å². The highest BCUT2D eigenvalue weighted by Crippen LogP contribution is 2.59. The summed E-state index contributed by atoms with van der Waals surface area (Å²) in [4.78, 5) is 0. The molecule has 3 aromatic rings. The Labute approximate surface area is 147 Å². The summed E-state index contributed by atoms with van der Waals surface area (Å²) in [5.74, 6) is 0. The Kier molecular flexibility index (Phi) is 5.02. The van der Waals surface area contributed by atoms with Gasteiger partial charge < -0.3 is 0 Å². The lowest BCUT2D eigenvalue weighted by Crippen LogP contribution is -2.12. The minimum Gasteiger partial charge on any atom is -0.0997 e. The molecule has 1 unspecified atom stereocenters. The summed E-state index contributed by atoms with van der Waals surface area (Å²) in [6, 6.07) is 32.9. The van der Waals surface area contributed by atoms with Gasteiger partial charge in [0.05, 0.1) is 5.30 Å². The average molecular weight is 330 g/mol. The van der Waals surface area contributed by atoms with E-state index in [1.54, 1.807) is 10.6 Å². The van der Waals surface area contributed by atoms with Crippen molar-refractivity contribution < 1.29 is 0 Å². The van der Waals surface area contributed by atoms with E-state index < -0.39 is 7.14 Å². The van der Waals surface area contributed by atoms with Gasteiger partial charge in [-0.25, -0.2) is 0 Å². The molecular weight excluding hydrogens is 306 g/mol. The van der Waals surface area contributed by atoms with Crippen molar-refractivity contribution in [3.63, 3.8) is 0 Å². The van der Waals surface area contributed by atoms with Crippen LogP contribution < -0.4 is 5.30 Å². The quantitative estimate of drug-likeness (QED) is 0.480. The molecule has 0 saturated heterocycles. The van der Waals surface area contributed by atoms with Crippen LogP contribution in [0.15, 0.2) is 96.3 Å². The summed E-state index contributed by atoms with van der Waals surface area (Å²) >= 11 is 0. The van der Waals surface area contributed by atoms with Crippen LogP contribution in [0.3, 0.4) is 0 Å². The molecular formula is C22H24BP.